The topological polar surface area (TPSA) is 50.7 Å². The van der Waals surface area contributed by atoms with Crippen LogP contribution in [0.5, 0.6) is 11.5 Å². The van der Waals surface area contributed by atoms with Crippen molar-refractivity contribution in [3.8, 4) is 11.5 Å². The van der Waals surface area contributed by atoms with E-state index in [-0.39, 0.29) is 5.75 Å². The van der Waals surface area contributed by atoms with Gasteiger partial charge in [-0.05, 0) is 24.7 Å². The molecule has 0 amide bonds. The second kappa shape index (κ2) is 4.67. The molecule has 1 aromatic rings. The minimum Gasteiger partial charge on any atom is -0.486 e. The van der Waals surface area contributed by atoms with E-state index < -0.39 is 11.9 Å². The molecular weight excluding hydrogens is 213 g/mol. The van der Waals surface area contributed by atoms with Crippen LogP contribution in [0.25, 0.3) is 0 Å². The summed E-state index contributed by atoms with van der Waals surface area (Å²) in [6, 6.07) is 2.88. The average molecular weight is 227 g/mol. The Bertz CT molecular complexity index is 384. The van der Waals surface area contributed by atoms with Gasteiger partial charge in [-0.1, -0.05) is 0 Å². The number of rotatable bonds is 3. The SMILES string of the molecule is CNCC(O)c1cc(F)c2c(c1)OCCO2. The van der Waals surface area contributed by atoms with Gasteiger partial charge in [0.15, 0.2) is 17.3 Å². The minimum atomic E-state index is -0.754. The van der Waals surface area contributed by atoms with Crippen molar-refractivity contribution in [2.45, 2.75) is 6.10 Å². The van der Waals surface area contributed by atoms with Crippen molar-refractivity contribution in [2.75, 3.05) is 26.8 Å². The molecule has 0 aliphatic carbocycles. The van der Waals surface area contributed by atoms with Gasteiger partial charge in [0.05, 0.1) is 6.10 Å². The van der Waals surface area contributed by atoms with Crippen LogP contribution in [0.4, 0.5) is 4.39 Å². The Morgan fingerprint density at radius 1 is 1.44 bits per heavy atom. The molecule has 2 N–H and O–H groups in total. The normalized spacial score (nSPS) is 15.9. The van der Waals surface area contributed by atoms with Crippen LogP contribution in [-0.4, -0.2) is 31.9 Å². The standard InChI is InChI=1S/C11H14FNO3/c1-13-6-9(14)7-4-8(12)11-10(5-7)15-2-3-16-11/h4-5,9,13-14H,2-3,6H2,1H3. The summed E-state index contributed by atoms with van der Waals surface area (Å²) in [5.41, 5.74) is 0.483. The number of likely N-dealkylation sites (N-methyl/N-ethyl adjacent to an activating group) is 1. The Hall–Kier alpha value is -1.33. The van der Waals surface area contributed by atoms with Crippen molar-refractivity contribution < 1.29 is 19.0 Å². The lowest BCUT2D eigenvalue weighted by Gasteiger charge is -2.20. The minimum absolute atomic E-state index is 0.131. The largest absolute Gasteiger partial charge is 0.486 e. The van der Waals surface area contributed by atoms with Gasteiger partial charge in [-0.2, -0.15) is 0 Å². The first-order valence-electron chi connectivity index (χ1n) is 5.14. The van der Waals surface area contributed by atoms with E-state index in [1.807, 2.05) is 0 Å². The number of halogens is 1. The van der Waals surface area contributed by atoms with E-state index in [1.54, 1.807) is 13.1 Å². The lowest BCUT2D eigenvalue weighted by molar-refractivity contribution is 0.158. The molecule has 1 heterocycles. The second-order valence-corrected chi connectivity index (χ2v) is 3.60. The fourth-order valence-electron chi connectivity index (χ4n) is 1.63. The third-order valence-electron chi connectivity index (χ3n) is 2.40. The summed E-state index contributed by atoms with van der Waals surface area (Å²) in [6.45, 7) is 1.11. The van der Waals surface area contributed by atoms with E-state index in [9.17, 15) is 9.50 Å². The number of benzene rings is 1. The molecule has 1 aliphatic rings. The predicted molar refractivity (Wildman–Crippen MR) is 56.3 cm³/mol. The van der Waals surface area contributed by atoms with Crippen molar-refractivity contribution >= 4 is 0 Å². The van der Waals surface area contributed by atoms with Crippen LogP contribution < -0.4 is 14.8 Å². The molecule has 5 heteroatoms. The van der Waals surface area contributed by atoms with Crippen LogP contribution in [0.1, 0.15) is 11.7 Å². The number of fused-ring (bicyclic) bond motifs is 1. The maximum absolute atomic E-state index is 13.6. The maximum Gasteiger partial charge on any atom is 0.197 e. The molecule has 0 aromatic heterocycles. The van der Waals surface area contributed by atoms with Gasteiger partial charge in [0.1, 0.15) is 13.2 Å². The number of aliphatic hydroxyl groups excluding tert-OH is 1. The lowest BCUT2D eigenvalue weighted by Crippen LogP contribution is -2.19. The van der Waals surface area contributed by atoms with Gasteiger partial charge in [-0.3, -0.25) is 0 Å². The Morgan fingerprint density at radius 3 is 2.94 bits per heavy atom. The zero-order valence-electron chi connectivity index (χ0n) is 9.00. The molecule has 4 nitrogen and oxygen atoms in total. The Morgan fingerprint density at radius 2 is 2.19 bits per heavy atom. The summed E-state index contributed by atoms with van der Waals surface area (Å²) in [7, 11) is 1.72. The number of ether oxygens (including phenoxy) is 2. The molecule has 88 valence electrons. The quantitative estimate of drug-likeness (QED) is 0.803. The summed E-state index contributed by atoms with van der Waals surface area (Å²) in [6.07, 6.45) is -0.754. The third kappa shape index (κ3) is 2.10. The second-order valence-electron chi connectivity index (χ2n) is 3.60. The Balaban J connectivity index is 2.31. The van der Waals surface area contributed by atoms with Crippen molar-refractivity contribution in [3.63, 3.8) is 0 Å². The molecule has 0 saturated heterocycles. The van der Waals surface area contributed by atoms with Crippen molar-refractivity contribution in [1.29, 1.82) is 0 Å². The predicted octanol–water partition coefficient (Wildman–Crippen LogP) is 0.850. The molecule has 2 rings (SSSR count). The molecule has 1 aliphatic heterocycles. The monoisotopic (exact) mass is 227 g/mol. The van der Waals surface area contributed by atoms with Crippen molar-refractivity contribution in [3.05, 3.63) is 23.5 Å². The van der Waals surface area contributed by atoms with Crippen LogP contribution in [-0.2, 0) is 0 Å². The summed E-state index contributed by atoms with van der Waals surface area (Å²) in [5.74, 6) is -0.00888. The Kier molecular flexibility index (Phi) is 3.26. The number of hydrogen-bond donors (Lipinski definition) is 2. The highest BCUT2D eigenvalue weighted by atomic mass is 19.1. The van der Waals surface area contributed by atoms with Crippen LogP contribution in [0.15, 0.2) is 12.1 Å². The van der Waals surface area contributed by atoms with E-state index in [2.05, 4.69) is 5.32 Å². The average Bonchev–Trinajstić information content (AvgIpc) is 2.29. The highest BCUT2D eigenvalue weighted by Gasteiger charge is 2.20. The first kappa shape index (κ1) is 11.2. The molecule has 1 atom stereocenters. The summed E-state index contributed by atoms with van der Waals surface area (Å²) in [5, 5.41) is 12.5. The fraction of sp³-hybridized carbons (Fsp3) is 0.455. The van der Waals surface area contributed by atoms with Crippen LogP contribution in [0, 0.1) is 5.82 Å². The lowest BCUT2D eigenvalue weighted by atomic mass is 10.1. The number of nitrogens with one attached hydrogen (secondary N) is 1. The summed E-state index contributed by atoms with van der Waals surface area (Å²) in [4.78, 5) is 0. The van der Waals surface area contributed by atoms with Crippen molar-refractivity contribution in [2.24, 2.45) is 0 Å². The van der Waals surface area contributed by atoms with Crippen LogP contribution in [0.3, 0.4) is 0 Å². The first-order chi connectivity index (χ1) is 7.72. The highest BCUT2D eigenvalue weighted by Crippen LogP contribution is 2.35. The summed E-state index contributed by atoms with van der Waals surface area (Å²) >= 11 is 0. The van der Waals surface area contributed by atoms with Crippen LogP contribution in [0.2, 0.25) is 0 Å². The highest BCUT2D eigenvalue weighted by molar-refractivity contribution is 5.45. The molecule has 0 bridgehead atoms. The Labute approximate surface area is 93.0 Å². The zero-order valence-corrected chi connectivity index (χ0v) is 9.00. The van der Waals surface area contributed by atoms with Gasteiger partial charge in [0.25, 0.3) is 0 Å². The van der Waals surface area contributed by atoms with Crippen LogP contribution >= 0.6 is 0 Å². The maximum atomic E-state index is 13.6. The molecule has 1 unspecified atom stereocenters. The van der Waals surface area contributed by atoms with E-state index in [4.69, 9.17) is 9.47 Å². The van der Waals surface area contributed by atoms with Gasteiger partial charge >= 0.3 is 0 Å². The number of aliphatic hydroxyl groups is 1. The molecule has 0 radical (unpaired) electrons. The van der Waals surface area contributed by atoms with Gasteiger partial charge in [0.2, 0.25) is 0 Å². The van der Waals surface area contributed by atoms with Gasteiger partial charge in [-0.25, -0.2) is 4.39 Å². The molecule has 16 heavy (non-hydrogen) atoms. The third-order valence-corrected chi connectivity index (χ3v) is 2.40. The molecule has 0 spiro atoms. The fourth-order valence-corrected chi connectivity index (χ4v) is 1.63. The molecular formula is C11H14FNO3. The first-order valence-corrected chi connectivity index (χ1v) is 5.14. The van der Waals surface area contributed by atoms with E-state index >= 15 is 0 Å². The molecule has 0 saturated carbocycles. The van der Waals surface area contributed by atoms with E-state index in [0.717, 1.165) is 0 Å². The van der Waals surface area contributed by atoms with E-state index in [1.165, 1.54) is 6.07 Å². The van der Waals surface area contributed by atoms with Gasteiger partial charge in [-0.15, -0.1) is 0 Å². The molecule has 0 fully saturated rings. The van der Waals surface area contributed by atoms with Gasteiger partial charge < -0.3 is 19.9 Å². The summed E-state index contributed by atoms with van der Waals surface area (Å²) < 4.78 is 24.0. The van der Waals surface area contributed by atoms with Gasteiger partial charge in [0, 0.05) is 6.54 Å². The molecule has 1 aromatic carbocycles. The smallest absolute Gasteiger partial charge is 0.197 e. The van der Waals surface area contributed by atoms with E-state index in [0.29, 0.717) is 31.1 Å². The number of hydrogen-bond acceptors (Lipinski definition) is 4. The zero-order chi connectivity index (χ0) is 11.5. The van der Waals surface area contributed by atoms with Crippen molar-refractivity contribution in [1.82, 2.24) is 5.32 Å².